The normalized spacial score (nSPS) is 30.1. The summed E-state index contributed by atoms with van der Waals surface area (Å²) in [6, 6.07) is 0. The van der Waals surface area contributed by atoms with Gasteiger partial charge in [0.1, 0.15) is 12.7 Å². The van der Waals surface area contributed by atoms with E-state index in [4.69, 9.17) is 14.2 Å². The van der Waals surface area contributed by atoms with Crippen LogP contribution < -0.4 is 0 Å². The van der Waals surface area contributed by atoms with Gasteiger partial charge in [-0.15, -0.1) is 6.58 Å². The van der Waals surface area contributed by atoms with Gasteiger partial charge in [-0.1, -0.05) is 6.08 Å². The van der Waals surface area contributed by atoms with Crippen LogP contribution in [0.4, 0.5) is 52.7 Å². The zero-order chi connectivity index (χ0) is 36.6. The van der Waals surface area contributed by atoms with E-state index >= 15 is 0 Å². The lowest BCUT2D eigenvalue weighted by Gasteiger charge is -2.50. The van der Waals surface area contributed by atoms with Crippen molar-refractivity contribution >= 4 is 23.9 Å². The van der Waals surface area contributed by atoms with Gasteiger partial charge in [-0.25, -0.2) is 19.2 Å². The summed E-state index contributed by atoms with van der Waals surface area (Å²) in [4.78, 5) is 46.6. The predicted octanol–water partition coefficient (Wildman–Crippen LogP) is 4.16. The Morgan fingerprint density at radius 2 is 1.15 bits per heavy atom. The molecule has 11 nitrogen and oxygen atoms in total. The molecule has 0 spiro atoms. The maximum Gasteiger partial charge on any atom is 0.490 e. The summed E-state index contributed by atoms with van der Waals surface area (Å²) in [6.45, 7) is 5.74. The maximum absolute atomic E-state index is 13.2. The van der Waals surface area contributed by atoms with Crippen molar-refractivity contribution in [3.63, 3.8) is 0 Å². The van der Waals surface area contributed by atoms with Gasteiger partial charge < -0.3 is 33.2 Å². The molecule has 2 aliphatic heterocycles. The second-order valence-electron chi connectivity index (χ2n) is 10.6. The molecule has 0 saturated carbocycles. The molecule has 2 aliphatic rings. The summed E-state index contributed by atoms with van der Waals surface area (Å²) in [6.07, 6.45) is -39.6. The van der Waals surface area contributed by atoms with E-state index in [1.807, 2.05) is 0 Å². The second kappa shape index (κ2) is 13.6. The molecule has 0 aromatic rings. The zero-order valence-electron chi connectivity index (χ0n) is 23.9. The predicted molar refractivity (Wildman–Crippen MR) is 121 cm³/mol. The lowest BCUT2D eigenvalue weighted by molar-refractivity contribution is -0.345. The fraction of sp³-hybridized carbons (Fsp3) is 0.750. The Hall–Kier alpha value is -3.34. The number of carbonyl (C=O) groups is 4. The zero-order valence-corrected chi connectivity index (χ0v) is 23.9. The summed E-state index contributed by atoms with van der Waals surface area (Å²) in [5.74, 6) is -13.1. The van der Waals surface area contributed by atoms with Gasteiger partial charge in [-0.3, -0.25) is 0 Å². The molecule has 0 N–H and O–H groups in total. The van der Waals surface area contributed by atoms with Crippen molar-refractivity contribution < 1.29 is 105 Å². The van der Waals surface area contributed by atoms with Crippen molar-refractivity contribution in [2.75, 3.05) is 6.61 Å². The number of halogens is 12. The van der Waals surface area contributed by atoms with Crippen molar-refractivity contribution in [1.82, 2.24) is 0 Å². The molecule has 0 unspecified atom stereocenters. The molecule has 0 aliphatic carbocycles. The molecule has 0 aromatic heterocycles. The Bertz CT molecular complexity index is 1190. The van der Waals surface area contributed by atoms with Gasteiger partial charge in [0.15, 0.2) is 24.6 Å². The molecule has 47 heavy (non-hydrogen) atoms. The Balaban J connectivity index is 2.73. The molecular formula is C24H24F12O11. The van der Waals surface area contributed by atoms with Crippen LogP contribution in [0.2, 0.25) is 0 Å². The molecule has 2 heterocycles. The van der Waals surface area contributed by atoms with E-state index in [9.17, 15) is 71.9 Å². The average molecular weight is 716 g/mol. The first-order chi connectivity index (χ1) is 21.0. The van der Waals surface area contributed by atoms with Crippen LogP contribution in [0.15, 0.2) is 12.7 Å². The first kappa shape index (κ1) is 39.8. The van der Waals surface area contributed by atoms with Crippen LogP contribution in [0.3, 0.4) is 0 Å². The highest BCUT2D eigenvalue weighted by molar-refractivity contribution is 5.78. The van der Waals surface area contributed by atoms with Crippen LogP contribution in [0.1, 0.15) is 33.6 Å². The van der Waals surface area contributed by atoms with Crippen LogP contribution in [0.5, 0.6) is 0 Å². The van der Waals surface area contributed by atoms with E-state index in [1.54, 1.807) is 0 Å². The van der Waals surface area contributed by atoms with Gasteiger partial charge in [-0.2, -0.15) is 52.7 Å². The second-order valence-corrected chi connectivity index (χ2v) is 10.6. The van der Waals surface area contributed by atoms with Gasteiger partial charge in [0.25, 0.3) is 0 Å². The summed E-state index contributed by atoms with van der Waals surface area (Å²) in [7, 11) is 0. The highest BCUT2D eigenvalue weighted by Gasteiger charge is 2.60. The van der Waals surface area contributed by atoms with Crippen molar-refractivity contribution in [2.24, 2.45) is 0 Å². The lowest BCUT2D eigenvalue weighted by Crippen LogP contribution is -2.66. The number of carbonyl (C=O) groups excluding carboxylic acids is 4. The average Bonchev–Trinajstić information content (AvgIpc) is 2.89. The van der Waals surface area contributed by atoms with Crippen LogP contribution in [-0.4, -0.2) is 103 Å². The van der Waals surface area contributed by atoms with Gasteiger partial charge in [0, 0.05) is 0 Å². The smallest absolute Gasteiger partial charge is 0.456 e. The Morgan fingerprint density at radius 3 is 1.55 bits per heavy atom. The minimum atomic E-state index is -6.07. The van der Waals surface area contributed by atoms with E-state index in [2.05, 4.69) is 25.5 Å². The van der Waals surface area contributed by atoms with Gasteiger partial charge >= 0.3 is 48.6 Å². The SMILES string of the molecule is C=C[C@@]1(C)CC[C@H](O[C@@H]2O[C@H](COC(=O)C(F)(F)F)[C@@H](OC(=O)C(F)(F)F)[C@H](OC(=O)C(F)(F)F)[C@H]2OC(=O)C(F)(F)F)C(C)(C)O1. The number of esters is 4. The van der Waals surface area contributed by atoms with Crippen molar-refractivity contribution in [1.29, 1.82) is 0 Å². The Morgan fingerprint density at radius 1 is 0.723 bits per heavy atom. The standard InChI is InChI=1S/C24H24F12O11/c1-5-20(4)7-6-10(19(2,3)47-20)43-14-13(46-18(40)24(34,35)36)12(45-17(39)23(31,32)33)11(44-16(38)22(28,29)30)9(42-14)8-41-15(37)21(25,26)27/h5,9-14H,1,6-8H2,2-4H3/t9-,10+,11-,12+,13-,14+,20+/m1/s1. The first-order valence-corrected chi connectivity index (χ1v) is 12.7. The third-order valence-corrected chi connectivity index (χ3v) is 6.53. The van der Waals surface area contributed by atoms with Crippen molar-refractivity contribution in [3.8, 4) is 0 Å². The van der Waals surface area contributed by atoms with Crippen LogP contribution in [0, 0.1) is 0 Å². The summed E-state index contributed by atoms with van der Waals surface area (Å²) < 4.78 is 189. The van der Waals surface area contributed by atoms with Gasteiger partial charge in [-0.05, 0) is 33.6 Å². The minimum absolute atomic E-state index is 0.00918. The van der Waals surface area contributed by atoms with Crippen LogP contribution >= 0.6 is 0 Å². The third-order valence-electron chi connectivity index (χ3n) is 6.53. The Labute approximate surface area is 255 Å². The fourth-order valence-corrected chi connectivity index (χ4v) is 4.36. The molecule has 270 valence electrons. The molecule has 0 bridgehead atoms. The molecule has 0 aromatic carbocycles. The lowest BCUT2D eigenvalue weighted by atomic mass is 9.85. The van der Waals surface area contributed by atoms with E-state index in [1.165, 1.54) is 26.8 Å². The molecule has 2 rings (SSSR count). The topological polar surface area (TPSA) is 133 Å². The van der Waals surface area contributed by atoms with Gasteiger partial charge in [0.05, 0.1) is 17.3 Å². The largest absolute Gasteiger partial charge is 0.490 e. The summed E-state index contributed by atoms with van der Waals surface area (Å²) >= 11 is 0. The van der Waals surface area contributed by atoms with Crippen molar-refractivity contribution in [3.05, 3.63) is 12.7 Å². The molecule has 2 fully saturated rings. The van der Waals surface area contributed by atoms with E-state index in [-0.39, 0.29) is 12.8 Å². The molecule has 2 saturated heterocycles. The fourth-order valence-electron chi connectivity index (χ4n) is 4.36. The van der Waals surface area contributed by atoms with E-state index < -0.39 is 103 Å². The van der Waals surface area contributed by atoms with Crippen LogP contribution in [0.25, 0.3) is 0 Å². The molecular weight excluding hydrogens is 692 g/mol. The number of hydrogen-bond donors (Lipinski definition) is 0. The third kappa shape index (κ3) is 10.3. The summed E-state index contributed by atoms with van der Waals surface area (Å²) in [5, 5.41) is 0. The number of hydrogen-bond acceptors (Lipinski definition) is 11. The highest BCUT2D eigenvalue weighted by atomic mass is 19.4. The number of alkyl halides is 12. The molecule has 7 atom stereocenters. The first-order valence-electron chi connectivity index (χ1n) is 12.7. The van der Waals surface area contributed by atoms with Crippen molar-refractivity contribution in [2.45, 2.75) is 106 Å². The monoisotopic (exact) mass is 716 g/mol. The van der Waals surface area contributed by atoms with Crippen LogP contribution in [-0.2, 0) is 52.3 Å². The quantitative estimate of drug-likeness (QED) is 0.155. The summed E-state index contributed by atoms with van der Waals surface area (Å²) in [5.41, 5.74) is -2.62. The van der Waals surface area contributed by atoms with E-state index in [0.717, 1.165) is 0 Å². The minimum Gasteiger partial charge on any atom is -0.456 e. The van der Waals surface area contributed by atoms with E-state index in [0.29, 0.717) is 0 Å². The molecule has 0 amide bonds. The maximum atomic E-state index is 13.2. The molecule has 23 heteroatoms. The van der Waals surface area contributed by atoms with Gasteiger partial charge in [0.2, 0.25) is 0 Å². The number of ether oxygens (including phenoxy) is 7. The number of rotatable bonds is 8. The molecule has 0 radical (unpaired) electrons. The highest BCUT2D eigenvalue weighted by Crippen LogP contribution is 2.41. The Kier molecular flexibility index (Phi) is 11.6.